The normalized spacial score (nSPS) is 13.1. The monoisotopic (exact) mass is 415 g/mol. The molecule has 0 N–H and O–H groups in total. The Bertz CT molecular complexity index is 1490. The molecule has 0 bridgehead atoms. The highest BCUT2D eigenvalue weighted by Crippen LogP contribution is 2.34. The summed E-state index contributed by atoms with van der Waals surface area (Å²) in [5, 5.41) is 2.21. The Morgan fingerprint density at radius 2 is 1.72 bits per heavy atom. The quantitative estimate of drug-likeness (QED) is 0.381. The number of carbonyl (C=O) groups excluding carboxylic acids is 1. The fourth-order valence-corrected chi connectivity index (χ4v) is 4.58. The van der Waals surface area contributed by atoms with Crippen molar-refractivity contribution in [1.29, 1.82) is 0 Å². The highest BCUT2D eigenvalue weighted by molar-refractivity contribution is 6.05. The van der Waals surface area contributed by atoms with Crippen molar-refractivity contribution in [2.45, 2.75) is 13.0 Å². The molecule has 0 saturated carbocycles. The Hall–Kier alpha value is -4.05. The summed E-state index contributed by atoms with van der Waals surface area (Å²) in [7, 11) is 0. The molecule has 0 fully saturated rings. The zero-order chi connectivity index (χ0) is 21.5. The predicted molar refractivity (Wildman–Crippen MR) is 127 cm³/mol. The number of fused-ring (bicyclic) bond motifs is 3. The number of hydrogen-bond acceptors (Lipinski definition) is 3. The van der Waals surface area contributed by atoms with Gasteiger partial charge >= 0.3 is 0 Å². The number of benzene rings is 3. The number of para-hydroxylation sites is 1. The molecule has 0 atom stereocenters. The number of hydrogen-bond donors (Lipinski definition) is 0. The minimum Gasteiger partial charge on any atom is -0.334 e. The van der Waals surface area contributed by atoms with E-state index in [0.717, 1.165) is 56.2 Å². The standard InChI is InChI=1S/C28H21N3O/c32-28-27-22(6-3-8-24(27)20-11-13-25-21(17-20)7-4-15-29-25)18-31(28)16-14-23-12-10-19-5-1-2-9-26(19)30-23/h1-13,15,17H,14,16,18H2. The third-order valence-corrected chi connectivity index (χ3v) is 6.22. The van der Waals surface area contributed by atoms with Crippen LogP contribution in [0.5, 0.6) is 0 Å². The maximum Gasteiger partial charge on any atom is 0.255 e. The molecule has 6 rings (SSSR count). The summed E-state index contributed by atoms with van der Waals surface area (Å²) in [4.78, 5) is 24.5. The van der Waals surface area contributed by atoms with Gasteiger partial charge < -0.3 is 4.90 Å². The van der Waals surface area contributed by atoms with Gasteiger partial charge in [0.15, 0.2) is 0 Å². The predicted octanol–water partition coefficient (Wildman–Crippen LogP) is 5.65. The van der Waals surface area contributed by atoms with Crippen LogP contribution < -0.4 is 0 Å². The Labute approximate surface area is 186 Å². The van der Waals surface area contributed by atoms with Gasteiger partial charge in [-0.2, -0.15) is 0 Å². The maximum atomic E-state index is 13.4. The van der Waals surface area contributed by atoms with E-state index in [4.69, 9.17) is 4.98 Å². The largest absolute Gasteiger partial charge is 0.334 e. The van der Waals surface area contributed by atoms with Gasteiger partial charge in [0.2, 0.25) is 0 Å². The number of pyridine rings is 2. The molecule has 1 aliphatic heterocycles. The van der Waals surface area contributed by atoms with Crippen molar-refractivity contribution in [3.63, 3.8) is 0 Å². The van der Waals surface area contributed by atoms with E-state index in [0.29, 0.717) is 13.1 Å². The molecule has 1 amide bonds. The third kappa shape index (κ3) is 3.21. The van der Waals surface area contributed by atoms with Crippen molar-refractivity contribution in [3.05, 3.63) is 108 Å². The summed E-state index contributed by atoms with van der Waals surface area (Å²) in [6, 6.07) is 28.6. The summed E-state index contributed by atoms with van der Waals surface area (Å²) in [6.07, 6.45) is 2.54. The van der Waals surface area contributed by atoms with Crippen molar-refractivity contribution < 1.29 is 4.79 Å². The average molecular weight is 415 g/mol. The van der Waals surface area contributed by atoms with Crippen LogP contribution in [-0.4, -0.2) is 27.3 Å². The molecule has 0 unspecified atom stereocenters. The molecule has 4 nitrogen and oxygen atoms in total. The Kier molecular flexibility index (Phi) is 4.43. The topological polar surface area (TPSA) is 46.1 Å². The van der Waals surface area contributed by atoms with Crippen molar-refractivity contribution in [3.8, 4) is 11.1 Å². The van der Waals surface area contributed by atoms with Crippen LogP contribution in [0.15, 0.2) is 91.1 Å². The molecule has 4 heteroatoms. The van der Waals surface area contributed by atoms with E-state index in [1.54, 1.807) is 6.20 Å². The lowest BCUT2D eigenvalue weighted by Crippen LogP contribution is -2.26. The van der Waals surface area contributed by atoms with Crippen molar-refractivity contribution >= 4 is 27.7 Å². The summed E-state index contributed by atoms with van der Waals surface area (Å²) in [5.74, 6) is 0.0997. The third-order valence-electron chi connectivity index (χ3n) is 6.22. The molecule has 1 aliphatic rings. The van der Waals surface area contributed by atoms with Gasteiger partial charge in [0, 0.05) is 42.2 Å². The molecule has 3 heterocycles. The molecule has 0 saturated heterocycles. The van der Waals surface area contributed by atoms with Gasteiger partial charge in [-0.25, -0.2) is 0 Å². The van der Waals surface area contributed by atoms with Crippen molar-refractivity contribution in [2.24, 2.45) is 0 Å². The Balaban J connectivity index is 1.27. The Morgan fingerprint density at radius 3 is 2.69 bits per heavy atom. The van der Waals surface area contributed by atoms with E-state index in [2.05, 4.69) is 47.4 Å². The molecule has 32 heavy (non-hydrogen) atoms. The SMILES string of the molecule is O=C1c2c(cccc2-c2ccc3ncccc3c2)CN1CCc1ccc2ccccc2n1. The number of aromatic nitrogens is 2. The molecule has 3 aromatic carbocycles. The number of rotatable bonds is 4. The minimum absolute atomic E-state index is 0.0997. The van der Waals surface area contributed by atoms with E-state index < -0.39 is 0 Å². The van der Waals surface area contributed by atoms with E-state index in [1.807, 2.05) is 47.4 Å². The van der Waals surface area contributed by atoms with Gasteiger partial charge in [-0.05, 0) is 47.0 Å². The van der Waals surface area contributed by atoms with Gasteiger partial charge in [-0.1, -0.05) is 54.6 Å². The zero-order valence-corrected chi connectivity index (χ0v) is 17.5. The van der Waals surface area contributed by atoms with Crippen LogP contribution in [0, 0.1) is 0 Å². The maximum absolute atomic E-state index is 13.4. The molecule has 0 spiro atoms. The molecular weight excluding hydrogens is 394 g/mol. The van der Waals surface area contributed by atoms with Crippen LogP contribution in [0.3, 0.4) is 0 Å². The zero-order valence-electron chi connectivity index (χ0n) is 17.5. The van der Waals surface area contributed by atoms with Gasteiger partial charge in [0.25, 0.3) is 5.91 Å². The summed E-state index contributed by atoms with van der Waals surface area (Å²) < 4.78 is 0. The molecule has 154 valence electrons. The lowest BCUT2D eigenvalue weighted by molar-refractivity contribution is 0.0780. The fourth-order valence-electron chi connectivity index (χ4n) is 4.58. The summed E-state index contributed by atoms with van der Waals surface area (Å²) in [5.41, 5.74) is 6.91. The van der Waals surface area contributed by atoms with Crippen LogP contribution in [0.4, 0.5) is 0 Å². The molecule has 0 radical (unpaired) electrons. The first kappa shape index (κ1) is 18.7. The highest BCUT2D eigenvalue weighted by atomic mass is 16.2. The minimum atomic E-state index is 0.0997. The van der Waals surface area contributed by atoms with Gasteiger partial charge in [-0.15, -0.1) is 0 Å². The van der Waals surface area contributed by atoms with Crippen LogP contribution in [-0.2, 0) is 13.0 Å². The lowest BCUT2D eigenvalue weighted by atomic mass is 9.96. The molecular formula is C28H21N3O. The molecule has 5 aromatic rings. The second-order valence-electron chi connectivity index (χ2n) is 8.22. The number of nitrogens with zero attached hydrogens (tertiary/aromatic N) is 3. The van der Waals surface area contributed by atoms with Gasteiger partial charge in [0.05, 0.1) is 16.6 Å². The van der Waals surface area contributed by atoms with E-state index in [-0.39, 0.29) is 5.91 Å². The van der Waals surface area contributed by atoms with Crippen molar-refractivity contribution in [2.75, 3.05) is 6.54 Å². The van der Waals surface area contributed by atoms with E-state index >= 15 is 0 Å². The average Bonchev–Trinajstić information content (AvgIpc) is 3.18. The van der Waals surface area contributed by atoms with Gasteiger partial charge in [-0.3, -0.25) is 14.8 Å². The fraction of sp³-hybridized carbons (Fsp3) is 0.107. The lowest BCUT2D eigenvalue weighted by Gasteiger charge is -2.15. The second-order valence-corrected chi connectivity index (χ2v) is 8.22. The second kappa shape index (κ2) is 7.57. The number of amides is 1. The number of carbonyl (C=O) groups is 1. The first-order valence-electron chi connectivity index (χ1n) is 10.9. The molecule has 0 aliphatic carbocycles. The highest BCUT2D eigenvalue weighted by Gasteiger charge is 2.29. The summed E-state index contributed by atoms with van der Waals surface area (Å²) >= 11 is 0. The van der Waals surface area contributed by atoms with Crippen LogP contribution in [0.2, 0.25) is 0 Å². The van der Waals surface area contributed by atoms with E-state index in [1.165, 1.54) is 0 Å². The first-order valence-corrected chi connectivity index (χ1v) is 10.9. The van der Waals surface area contributed by atoms with Crippen LogP contribution >= 0.6 is 0 Å². The molecule has 2 aromatic heterocycles. The van der Waals surface area contributed by atoms with Crippen LogP contribution in [0.1, 0.15) is 21.6 Å². The van der Waals surface area contributed by atoms with Crippen molar-refractivity contribution in [1.82, 2.24) is 14.9 Å². The van der Waals surface area contributed by atoms with E-state index in [9.17, 15) is 4.79 Å². The van der Waals surface area contributed by atoms with Gasteiger partial charge in [0.1, 0.15) is 0 Å². The first-order chi connectivity index (χ1) is 15.8. The smallest absolute Gasteiger partial charge is 0.255 e. The van der Waals surface area contributed by atoms with Crippen LogP contribution in [0.25, 0.3) is 32.9 Å². The Morgan fingerprint density at radius 1 is 0.812 bits per heavy atom. The summed E-state index contributed by atoms with van der Waals surface area (Å²) in [6.45, 7) is 1.30.